The number of nitrogens with one attached hydrogen (secondary N) is 2. The van der Waals surface area contributed by atoms with E-state index < -0.39 is 17.8 Å². The van der Waals surface area contributed by atoms with E-state index in [2.05, 4.69) is 15.6 Å². The molecule has 7 nitrogen and oxygen atoms in total. The summed E-state index contributed by atoms with van der Waals surface area (Å²) >= 11 is 0. The first-order chi connectivity index (χ1) is 17.2. The summed E-state index contributed by atoms with van der Waals surface area (Å²) in [5.74, 6) is -1.08. The van der Waals surface area contributed by atoms with Crippen molar-refractivity contribution in [3.8, 4) is 11.1 Å². The van der Waals surface area contributed by atoms with Crippen molar-refractivity contribution in [3.05, 3.63) is 83.7 Å². The normalized spacial score (nSPS) is 19.6. The van der Waals surface area contributed by atoms with Crippen LogP contribution in [0.5, 0.6) is 0 Å². The molecule has 0 saturated carbocycles. The molecule has 2 aromatic carbocycles. The molecule has 184 valence electrons. The maximum absolute atomic E-state index is 13.4. The Balaban J connectivity index is 1.38. The number of aromatic nitrogens is 1. The molecule has 0 radical (unpaired) electrons. The minimum absolute atomic E-state index is 0.207. The molecule has 2 aliphatic heterocycles. The number of piperidine rings is 1. The van der Waals surface area contributed by atoms with E-state index in [1.165, 1.54) is 35.4 Å². The highest BCUT2D eigenvalue weighted by molar-refractivity contribution is 6.10. The molecule has 0 unspecified atom stereocenters. The zero-order chi connectivity index (χ0) is 25.4. The van der Waals surface area contributed by atoms with E-state index in [-0.39, 0.29) is 42.3 Å². The molecule has 0 bridgehead atoms. The molecule has 0 aliphatic carbocycles. The number of carbonyl (C=O) groups excluding carboxylic acids is 3. The van der Waals surface area contributed by atoms with Crippen molar-refractivity contribution in [2.45, 2.75) is 31.1 Å². The van der Waals surface area contributed by atoms with Crippen molar-refractivity contribution in [3.63, 3.8) is 0 Å². The molecule has 2 aliphatic rings. The van der Waals surface area contributed by atoms with Crippen LogP contribution in [0.4, 0.5) is 18.9 Å². The van der Waals surface area contributed by atoms with Gasteiger partial charge >= 0.3 is 6.18 Å². The Morgan fingerprint density at radius 2 is 1.86 bits per heavy atom. The summed E-state index contributed by atoms with van der Waals surface area (Å²) in [6.45, 7) is 0.238. The molecule has 2 N–H and O–H groups in total. The molecule has 2 atom stereocenters. The zero-order valence-corrected chi connectivity index (χ0v) is 18.9. The maximum atomic E-state index is 13.4. The topological polar surface area (TPSA) is 91.4 Å². The van der Waals surface area contributed by atoms with Gasteiger partial charge in [0.2, 0.25) is 5.91 Å². The first-order valence-corrected chi connectivity index (χ1v) is 11.3. The van der Waals surface area contributed by atoms with Gasteiger partial charge in [-0.1, -0.05) is 18.2 Å². The number of hydrogen-bond donors (Lipinski definition) is 2. The third-order valence-corrected chi connectivity index (χ3v) is 6.46. The van der Waals surface area contributed by atoms with Crippen molar-refractivity contribution in [1.82, 2.24) is 15.2 Å². The van der Waals surface area contributed by atoms with Crippen molar-refractivity contribution in [1.29, 1.82) is 0 Å². The SMILES string of the molecule is O=C(N[C@H]1CCN2C(=O)c3cc(-c4cccc(C(F)(F)F)c4)ccc3NC(=O)[C@@H]2C1)c1cccnc1. The van der Waals surface area contributed by atoms with Gasteiger partial charge in [-0.15, -0.1) is 0 Å². The van der Waals surface area contributed by atoms with Crippen LogP contribution in [0.1, 0.15) is 39.1 Å². The molecule has 36 heavy (non-hydrogen) atoms. The Kier molecular flexibility index (Phi) is 5.95. The third-order valence-electron chi connectivity index (χ3n) is 6.46. The Hall–Kier alpha value is -4.21. The molecule has 0 spiro atoms. The average Bonchev–Trinajstić information content (AvgIpc) is 2.98. The van der Waals surface area contributed by atoms with E-state index in [4.69, 9.17) is 0 Å². The van der Waals surface area contributed by atoms with E-state index >= 15 is 0 Å². The summed E-state index contributed by atoms with van der Waals surface area (Å²) in [7, 11) is 0. The number of pyridine rings is 1. The van der Waals surface area contributed by atoms with Crippen LogP contribution in [0, 0.1) is 0 Å². The lowest BCUT2D eigenvalue weighted by molar-refractivity contribution is -0.137. The molecule has 1 aromatic heterocycles. The molecular formula is C26H21F3N4O3. The number of benzene rings is 2. The van der Waals surface area contributed by atoms with Gasteiger partial charge in [-0.05, 0) is 60.4 Å². The quantitative estimate of drug-likeness (QED) is 0.573. The van der Waals surface area contributed by atoms with Crippen LogP contribution in [0.2, 0.25) is 0 Å². The highest BCUT2D eigenvalue weighted by Crippen LogP contribution is 2.35. The van der Waals surface area contributed by atoms with Gasteiger partial charge in [0.05, 0.1) is 22.4 Å². The summed E-state index contributed by atoms with van der Waals surface area (Å²) < 4.78 is 39.5. The minimum Gasteiger partial charge on any atom is -0.349 e. The van der Waals surface area contributed by atoms with E-state index in [1.54, 1.807) is 24.4 Å². The zero-order valence-electron chi connectivity index (χ0n) is 18.9. The van der Waals surface area contributed by atoms with Gasteiger partial charge in [-0.25, -0.2) is 0 Å². The highest BCUT2D eigenvalue weighted by Gasteiger charge is 2.40. The van der Waals surface area contributed by atoms with Gasteiger partial charge in [0.1, 0.15) is 6.04 Å². The summed E-state index contributed by atoms with van der Waals surface area (Å²) in [4.78, 5) is 44.4. The minimum atomic E-state index is -4.49. The van der Waals surface area contributed by atoms with E-state index in [0.717, 1.165) is 12.1 Å². The van der Waals surface area contributed by atoms with Gasteiger partial charge in [-0.3, -0.25) is 19.4 Å². The van der Waals surface area contributed by atoms with Crippen LogP contribution in [-0.4, -0.2) is 46.2 Å². The van der Waals surface area contributed by atoms with Gasteiger partial charge in [0.25, 0.3) is 11.8 Å². The summed E-state index contributed by atoms with van der Waals surface area (Å²) in [5, 5.41) is 5.67. The molecule has 3 amide bonds. The van der Waals surface area contributed by atoms with Gasteiger partial charge in [0, 0.05) is 25.0 Å². The molecule has 1 saturated heterocycles. The molecule has 3 aromatic rings. The lowest BCUT2D eigenvalue weighted by Gasteiger charge is -2.37. The fourth-order valence-electron chi connectivity index (χ4n) is 4.61. The van der Waals surface area contributed by atoms with E-state index in [1.807, 2.05) is 0 Å². The molecule has 3 heterocycles. The van der Waals surface area contributed by atoms with Crippen molar-refractivity contribution in [2.75, 3.05) is 11.9 Å². The number of fused-ring (bicyclic) bond motifs is 2. The fraction of sp³-hybridized carbons (Fsp3) is 0.231. The summed E-state index contributed by atoms with van der Waals surface area (Å²) in [6, 6.07) is 11.6. The van der Waals surface area contributed by atoms with Gasteiger partial charge < -0.3 is 15.5 Å². The van der Waals surface area contributed by atoms with E-state index in [0.29, 0.717) is 28.8 Å². The van der Waals surface area contributed by atoms with Crippen LogP contribution >= 0.6 is 0 Å². The van der Waals surface area contributed by atoms with Crippen molar-refractivity contribution < 1.29 is 27.6 Å². The predicted octanol–water partition coefficient (Wildman–Crippen LogP) is 4.12. The van der Waals surface area contributed by atoms with Crippen molar-refractivity contribution >= 4 is 23.4 Å². The second kappa shape index (κ2) is 9.10. The van der Waals surface area contributed by atoms with Crippen LogP contribution in [0.3, 0.4) is 0 Å². The average molecular weight is 494 g/mol. The number of halogens is 3. The second-order valence-corrected chi connectivity index (χ2v) is 8.78. The third kappa shape index (κ3) is 4.53. The Labute approximate surface area is 204 Å². The monoisotopic (exact) mass is 494 g/mol. The molecule has 10 heteroatoms. The number of hydrogen-bond acceptors (Lipinski definition) is 4. The number of alkyl halides is 3. The second-order valence-electron chi connectivity index (χ2n) is 8.78. The van der Waals surface area contributed by atoms with Crippen LogP contribution < -0.4 is 10.6 Å². The predicted molar refractivity (Wildman–Crippen MR) is 125 cm³/mol. The summed E-state index contributed by atoms with van der Waals surface area (Å²) in [6.07, 6.45) is -0.796. The molecular weight excluding hydrogens is 473 g/mol. The first-order valence-electron chi connectivity index (χ1n) is 11.3. The Morgan fingerprint density at radius 3 is 2.61 bits per heavy atom. The van der Waals surface area contributed by atoms with Gasteiger partial charge in [0.15, 0.2) is 0 Å². The Morgan fingerprint density at radius 1 is 1.06 bits per heavy atom. The largest absolute Gasteiger partial charge is 0.416 e. The van der Waals surface area contributed by atoms with Crippen LogP contribution in [0.25, 0.3) is 11.1 Å². The van der Waals surface area contributed by atoms with Crippen molar-refractivity contribution in [2.24, 2.45) is 0 Å². The lowest BCUT2D eigenvalue weighted by atomic mass is 9.95. The lowest BCUT2D eigenvalue weighted by Crippen LogP contribution is -2.55. The number of carbonyl (C=O) groups is 3. The van der Waals surface area contributed by atoms with Crippen LogP contribution in [0.15, 0.2) is 67.0 Å². The Bertz CT molecular complexity index is 1340. The number of nitrogens with zero attached hydrogens (tertiary/aromatic N) is 2. The standard InChI is InChI=1S/C26H21F3N4O3/c27-26(28,29)18-5-1-3-15(11-18)16-6-7-21-20(12-16)25(36)33-10-8-19(13-22(33)24(35)32-21)31-23(34)17-4-2-9-30-14-17/h1-7,9,11-12,14,19,22H,8,10,13H2,(H,31,34)(H,32,35)/t19-,22-/m0/s1. The molecule has 1 fully saturated rings. The smallest absolute Gasteiger partial charge is 0.349 e. The highest BCUT2D eigenvalue weighted by atomic mass is 19.4. The number of amides is 3. The first kappa shape index (κ1) is 23.5. The molecule has 5 rings (SSSR count). The van der Waals surface area contributed by atoms with Crippen LogP contribution in [-0.2, 0) is 11.0 Å². The number of anilines is 1. The fourth-order valence-corrected chi connectivity index (χ4v) is 4.61. The number of rotatable bonds is 3. The van der Waals surface area contributed by atoms with Gasteiger partial charge in [-0.2, -0.15) is 13.2 Å². The summed E-state index contributed by atoms with van der Waals surface area (Å²) in [5.41, 5.74) is 0.856. The van der Waals surface area contributed by atoms with E-state index in [9.17, 15) is 27.6 Å². The maximum Gasteiger partial charge on any atom is 0.416 e.